The fourth-order valence-electron chi connectivity index (χ4n) is 4.68. The number of hydrogen-bond acceptors (Lipinski definition) is 9. The number of carbonyl (C=O) groups is 3. The zero-order valence-electron chi connectivity index (χ0n) is 28.1. The Morgan fingerprint density at radius 3 is 1.38 bits per heavy atom. The standard InChI is InChI=1S/C29H41N3O2.C6H8O7/c1-6-28(24-11-15-26(16-12-24)33-21-19-31(7-2)8-3)29(23-30)25-13-17-27(18-14-25)34-22-20-32(9-4)10-5;7-3(8)1-6(13,5(11)12)2-4(9)10/h11-18H,6-10,19-22H2,1-5H3;13H,1-2H2,(H,7,8)(H,9,10)(H,11,12)/b29-28+;. The molecule has 0 radical (unpaired) electrons. The van der Waals surface area contributed by atoms with Gasteiger partial charge in [0.15, 0.2) is 5.60 Å². The molecule has 47 heavy (non-hydrogen) atoms. The van der Waals surface area contributed by atoms with Crippen molar-refractivity contribution in [1.29, 1.82) is 5.26 Å². The van der Waals surface area contributed by atoms with Crippen LogP contribution >= 0.6 is 0 Å². The first-order chi connectivity index (χ1) is 22.4. The molecule has 0 amide bonds. The van der Waals surface area contributed by atoms with Gasteiger partial charge in [0.25, 0.3) is 0 Å². The molecule has 0 heterocycles. The van der Waals surface area contributed by atoms with E-state index in [1.807, 2.05) is 48.5 Å². The first-order valence-corrected chi connectivity index (χ1v) is 15.8. The lowest BCUT2D eigenvalue weighted by molar-refractivity contribution is -0.170. The molecule has 258 valence electrons. The van der Waals surface area contributed by atoms with Gasteiger partial charge >= 0.3 is 17.9 Å². The Labute approximate surface area is 277 Å². The Morgan fingerprint density at radius 1 is 0.702 bits per heavy atom. The average molecular weight is 656 g/mol. The summed E-state index contributed by atoms with van der Waals surface area (Å²) >= 11 is 0. The van der Waals surface area contributed by atoms with E-state index in [4.69, 9.17) is 29.9 Å². The Bertz CT molecular complexity index is 1310. The summed E-state index contributed by atoms with van der Waals surface area (Å²) < 4.78 is 11.8. The lowest BCUT2D eigenvalue weighted by Crippen LogP contribution is -2.42. The number of aliphatic hydroxyl groups is 1. The van der Waals surface area contributed by atoms with Crippen LogP contribution in [0.3, 0.4) is 0 Å². The summed E-state index contributed by atoms with van der Waals surface area (Å²) in [6.45, 7) is 18.0. The largest absolute Gasteiger partial charge is 0.492 e. The number of aliphatic carboxylic acids is 3. The van der Waals surface area contributed by atoms with Gasteiger partial charge in [0.2, 0.25) is 0 Å². The lowest BCUT2D eigenvalue weighted by atomic mass is 9.93. The van der Waals surface area contributed by atoms with Crippen LogP contribution in [0.2, 0.25) is 0 Å². The second-order valence-corrected chi connectivity index (χ2v) is 10.6. The van der Waals surface area contributed by atoms with E-state index in [1.165, 1.54) is 0 Å². The van der Waals surface area contributed by atoms with Gasteiger partial charge in [0, 0.05) is 13.1 Å². The van der Waals surface area contributed by atoms with Gasteiger partial charge in [-0.15, -0.1) is 0 Å². The molecule has 2 aromatic carbocycles. The third kappa shape index (κ3) is 14.2. The molecule has 0 fully saturated rings. The van der Waals surface area contributed by atoms with Crippen LogP contribution in [0, 0.1) is 11.3 Å². The van der Waals surface area contributed by atoms with Crippen molar-refractivity contribution in [2.45, 2.75) is 59.5 Å². The lowest BCUT2D eigenvalue weighted by Gasteiger charge is -2.18. The van der Waals surface area contributed by atoms with E-state index in [9.17, 15) is 19.6 Å². The highest BCUT2D eigenvalue weighted by molar-refractivity contribution is 5.97. The van der Waals surface area contributed by atoms with Crippen molar-refractivity contribution in [2.24, 2.45) is 0 Å². The molecule has 12 heteroatoms. The van der Waals surface area contributed by atoms with Gasteiger partial charge < -0.3 is 39.7 Å². The monoisotopic (exact) mass is 655 g/mol. The van der Waals surface area contributed by atoms with Gasteiger partial charge in [-0.1, -0.05) is 46.8 Å². The maximum absolute atomic E-state index is 10.3. The Hall–Kier alpha value is -4.44. The van der Waals surface area contributed by atoms with Gasteiger partial charge in [-0.2, -0.15) is 5.26 Å². The molecule has 0 aliphatic rings. The maximum Gasteiger partial charge on any atom is 0.336 e. The predicted molar refractivity (Wildman–Crippen MR) is 179 cm³/mol. The molecule has 0 aliphatic heterocycles. The Balaban J connectivity index is 0.000000716. The van der Waals surface area contributed by atoms with Gasteiger partial charge in [-0.05, 0) is 85.7 Å². The van der Waals surface area contributed by atoms with Crippen LogP contribution in [0.4, 0.5) is 0 Å². The molecule has 0 bridgehead atoms. The minimum absolute atomic E-state index is 0.658. The minimum Gasteiger partial charge on any atom is -0.492 e. The highest BCUT2D eigenvalue weighted by Gasteiger charge is 2.40. The molecule has 0 aromatic heterocycles. The fraction of sp³-hybridized carbons (Fsp3) is 0.486. The van der Waals surface area contributed by atoms with Crippen molar-refractivity contribution >= 4 is 29.1 Å². The minimum atomic E-state index is -2.74. The second kappa shape index (κ2) is 21.4. The first kappa shape index (κ1) is 40.6. The smallest absolute Gasteiger partial charge is 0.336 e. The molecule has 0 saturated carbocycles. The maximum atomic E-state index is 10.3. The van der Waals surface area contributed by atoms with Gasteiger partial charge in [0.1, 0.15) is 30.8 Å². The van der Waals surface area contributed by atoms with E-state index < -0.39 is 36.4 Å². The van der Waals surface area contributed by atoms with E-state index >= 15 is 0 Å². The summed E-state index contributed by atoms with van der Waals surface area (Å²) in [5.41, 5.74) is 0.960. The number of benzene rings is 2. The molecule has 0 atom stereocenters. The quantitative estimate of drug-likeness (QED) is 0.114. The van der Waals surface area contributed by atoms with E-state index in [0.29, 0.717) is 18.8 Å². The van der Waals surface area contributed by atoms with Crippen molar-refractivity contribution in [3.8, 4) is 17.6 Å². The average Bonchev–Trinajstić information content (AvgIpc) is 3.04. The molecule has 2 aromatic rings. The van der Waals surface area contributed by atoms with E-state index in [1.54, 1.807) is 0 Å². The third-order valence-corrected chi connectivity index (χ3v) is 7.54. The van der Waals surface area contributed by atoms with E-state index in [0.717, 1.165) is 73.9 Å². The number of rotatable bonds is 20. The van der Waals surface area contributed by atoms with Crippen molar-refractivity contribution < 1.29 is 44.3 Å². The van der Waals surface area contributed by atoms with Crippen molar-refractivity contribution in [3.63, 3.8) is 0 Å². The number of nitriles is 1. The molecule has 12 nitrogen and oxygen atoms in total. The Kier molecular flexibility index (Phi) is 18.5. The van der Waals surface area contributed by atoms with E-state index in [2.05, 4.69) is 50.5 Å². The molecule has 0 saturated heterocycles. The van der Waals surface area contributed by atoms with Gasteiger partial charge in [0.05, 0.1) is 18.4 Å². The number of carboxylic acid groups (broad SMARTS) is 3. The molecule has 0 unspecified atom stereocenters. The van der Waals surface area contributed by atoms with Crippen LogP contribution in [0.1, 0.15) is 65.0 Å². The number of hydrogen-bond donors (Lipinski definition) is 4. The van der Waals surface area contributed by atoms with Crippen LogP contribution in [0.25, 0.3) is 11.1 Å². The van der Waals surface area contributed by atoms with Crippen LogP contribution in [-0.2, 0) is 14.4 Å². The molecule has 4 N–H and O–H groups in total. The summed E-state index contributed by atoms with van der Waals surface area (Å²) in [5, 5.41) is 43.8. The molecular weight excluding hydrogens is 606 g/mol. The van der Waals surface area contributed by atoms with Crippen LogP contribution in [0.15, 0.2) is 48.5 Å². The van der Waals surface area contributed by atoms with Crippen molar-refractivity contribution in [3.05, 3.63) is 59.7 Å². The molecule has 0 spiro atoms. The van der Waals surface area contributed by atoms with Crippen molar-refractivity contribution in [2.75, 3.05) is 52.5 Å². The molecule has 0 aliphatic carbocycles. The van der Waals surface area contributed by atoms with Crippen molar-refractivity contribution in [1.82, 2.24) is 9.80 Å². The SMILES string of the molecule is CC/C(=C(/C#N)c1ccc(OCCN(CC)CC)cc1)c1ccc(OCCN(CC)CC)cc1.O=C(O)CC(O)(CC(=O)O)C(=O)O. The van der Waals surface area contributed by atoms with Gasteiger partial charge in [-0.25, -0.2) is 4.79 Å². The third-order valence-electron chi connectivity index (χ3n) is 7.54. The van der Waals surface area contributed by atoms with Crippen LogP contribution in [-0.4, -0.2) is 106 Å². The predicted octanol–water partition coefficient (Wildman–Crippen LogP) is 4.72. The topological polar surface area (TPSA) is 181 Å². The number of ether oxygens (including phenoxy) is 2. The zero-order valence-corrected chi connectivity index (χ0v) is 28.1. The van der Waals surface area contributed by atoms with E-state index in [-0.39, 0.29) is 0 Å². The molecular formula is C35H49N3O9. The fourth-order valence-corrected chi connectivity index (χ4v) is 4.68. The summed E-state index contributed by atoms with van der Waals surface area (Å²) in [6.07, 6.45) is -1.52. The van der Waals surface area contributed by atoms with Crippen LogP contribution < -0.4 is 9.47 Å². The zero-order chi connectivity index (χ0) is 35.4. The molecule has 2 rings (SSSR count). The number of allylic oxidation sites excluding steroid dienone is 2. The number of nitrogens with zero attached hydrogens (tertiary/aromatic N) is 3. The highest BCUT2D eigenvalue weighted by atomic mass is 16.5. The van der Waals surface area contributed by atoms with Crippen LogP contribution in [0.5, 0.6) is 11.5 Å². The van der Waals surface area contributed by atoms with Gasteiger partial charge in [-0.3, -0.25) is 9.59 Å². The summed E-state index contributed by atoms with van der Waals surface area (Å²) in [5.74, 6) is -3.33. The first-order valence-electron chi connectivity index (χ1n) is 15.8. The second-order valence-electron chi connectivity index (χ2n) is 10.6. The normalized spacial score (nSPS) is 11.6. The number of likely N-dealkylation sites (N-methyl/N-ethyl adjacent to an activating group) is 2. The summed E-state index contributed by atoms with van der Waals surface area (Å²) in [4.78, 5) is 35.2. The summed E-state index contributed by atoms with van der Waals surface area (Å²) in [6, 6.07) is 18.4. The summed E-state index contributed by atoms with van der Waals surface area (Å²) in [7, 11) is 0. The Morgan fingerprint density at radius 2 is 1.09 bits per heavy atom. The highest BCUT2D eigenvalue weighted by Crippen LogP contribution is 2.30. The number of carboxylic acids is 3.